The van der Waals surface area contributed by atoms with Gasteiger partial charge in [-0.2, -0.15) is 0 Å². The van der Waals surface area contributed by atoms with E-state index in [1.165, 1.54) is 7.11 Å². The molecule has 0 bridgehead atoms. The van der Waals surface area contributed by atoms with Crippen LogP contribution in [0.25, 0.3) is 0 Å². The molecule has 0 aliphatic rings. The van der Waals surface area contributed by atoms with Gasteiger partial charge in [0, 0.05) is 0 Å². The number of ether oxygens (including phenoxy) is 2. The van der Waals surface area contributed by atoms with Gasteiger partial charge in [-0.15, -0.1) is 0 Å². The first-order chi connectivity index (χ1) is 9.70. The zero-order chi connectivity index (χ0) is 14.4. The second-order valence-corrected chi connectivity index (χ2v) is 4.44. The van der Waals surface area contributed by atoms with E-state index in [0.29, 0.717) is 18.1 Å². The normalized spacial score (nSPS) is 11.7. The molecule has 20 heavy (non-hydrogen) atoms. The Labute approximate surface area is 118 Å². The molecule has 4 heteroatoms. The number of nitrogens with zero attached hydrogens (tertiary/aromatic N) is 1. The van der Waals surface area contributed by atoms with E-state index in [2.05, 4.69) is 4.98 Å². The number of pyridine rings is 1. The smallest absolute Gasteiger partial charge is 0.314 e. The number of hydrogen-bond acceptors (Lipinski definition) is 4. The number of methoxy groups -OCH3 is 1. The first kappa shape index (κ1) is 14.1. The number of hydrogen-bond donors (Lipinski definition) is 0. The van der Waals surface area contributed by atoms with E-state index in [0.717, 1.165) is 5.56 Å². The van der Waals surface area contributed by atoms with Gasteiger partial charge in [-0.1, -0.05) is 30.3 Å². The van der Waals surface area contributed by atoms with E-state index in [4.69, 9.17) is 9.47 Å². The van der Waals surface area contributed by atoms with Crippen LogP contribution in [0.5, 0.6) is 5.75 Å². The van der Waals surface area contributed by atoms with Crippen LogP contribution in [0.1, 0.15) is 24.1 Å². The van der Waals surface area contributed by atoms with Gasteiger partial charge in [-0.3, -0.25) is 9.78 Å². The third kappa shape index (κ3) is 3.57. The summed E-state index contributed by atoms with van der Waals surface area (Å²) in [6.07, 6.45) is 1.62. The number of aromatic nitrogens is 1. The fourth-order valence-corrected chi connectivity index (χ4v) is 1.77. The molecule has 1 unspecified atom stereocenters. The summed E-state index contributed by atoms with van der Waals surface area (Å²) in [4.78, 5) is 15.6. The molecule has 0 N–H and O–H groups in total. The molecule has 0 radical (unpaired) electrons. The van der Waals surface area contributed by atoms with Gasteiger partial charge in [0.2, 0.25) is 0 Å². The SMILES string of the molecule is COC(=O)C(C)c1ccc(OCc2ccccc2)cn1. The Morgan fingerprint density at radius 2 is 1.95 bits per heavy atom. The molecule has 0 amide bonds. The zero-order valence-corrected chi connectivity index (χ0v) is 11.6. The minimum atomic E-state index is -0.372. The molecule has 0 aliphatic carbocycles. The Balaban J connectivity index is 1.96. The van der Waals surface area contributed by atoms with Crippen molar-refractivity contribution in [3.8, 4) is 5.75 Å². The van der Waals surface area contributed by atoms with E-state index in [1.54, 1.807) is 19.2 Å². The molecule has 0 spiro atoms. The number of benzene rings is 1. The minimum Gasteiger partial charge on any atom is -0.487 e. The molecule has 2 aromatic rings. The summed E-state index contributed by atoms with van der Waals surface area (Å²) in [7, 11) is 1.37. The Bertz CT molecular complexity index is 552. The van der Waals surface area contributed by atoms with Crippen LogP contribution in [-0.2, 0) is 16.1 Å². The largest absolute Gasteiger partial charge is 0.487 e. The monoisotopic (exact) mass is 271 g/mol. The third-order valence-electron chi connectivity index (χ3n) is 3.01. The van der Waals surface area contributed by atoms with Crippen LogP contribution in [0.2, 0.25) is 0 Å². The molecule has 0 fully saturated rings. The van der Waals surface area contributed by atoms with Crippen LogP contribution in [0.15, 0.2) is 48.7 Å². The maximum atomic E-state index is 11.4. The van der Waals surface area contributed by atoms with Crippen LogP contribution < -0.4 is 4.74 Å². The Hall–Kier alpha value is -2.36. The lowest BCUT2D eigenvalue weighted by atomic mass is 10.1. The molecule has 2 rings (SSSR count). The zero-order valence-electron chi connectivity index (χ0n) is 11.6. The maximum Gasteiger partial charge on any atom is 0.314 e. The molecular weight excluding hydrogens is 254 g/mol. The van der Waals surface area contributed by atoms with Gasteiger partial charge in [0.25, 0.3) is 0 Å². The summed E-state index contributed by atoms with van der Waals surface area (Å²) in [5.74, 6) is 0.00768. The summed E-state index contributed by atoms with van der Waals surface area (Å²) in [6.45, 7) is 2.26. The molecule has 1 aromatic carbocycles. The number of esters is 1. The van der Waals surface area contributed by atoms with Crippen LogP contribution in [-0.4, -0.2) is 18.1 Å². The summed E-state index contributed by atoms with van der Waals surface area (Å²) < 4.78 is 10.3. The van der Waals surface area contributed by atoms with Gasteiger partial charge < -0.3 is 9.47 Å². The fraction of sp³-hybridized carbons (Fsp3) is 0.250. The van der Waals surface area contributed by atoms with Crippen molar-refractivity contribution in [3.63, 3.8) is 0 Å². The number of carbonyl (C=O) groups excluding carboxylic acids is 1. The molecular formula is C16H17NO3. The van der Waals surface area contributed by atoms with Gasteiger partial charge in [0.15, 0.2) is 0 Å². The second-order valence-electron chi connectivity index (χ2n) is 4.44. The van der Waals surface area contributed by atoms with Crippen LogP contribution in [0.4, 0.5) is 0 Å². The third-order valence-corrected chi connectivity index (χ3v) is 3.01. The number of rotatable bonds is 5. The maximum absolute atomic E-state index is 11.4. The first-order valence-electron chi connectivity index (χ1n) is 6.41. The van der Waals surface area contributed by atoms with Crippen LogP contribution in [0, 0.1) is 0 Å². The average molecular weight is 271 g/mol. The van der Waals surface area contributed by atoms with Gasteiger partial charge in [0.05, 0.1) is 24.9 Å². The molecule has 0 aliphatic heterocycles. The molecule has 1 heterocycles. The van der Waals surface area contributed by atoms with E-state index in [9.17, 15) is 4.79 Å². The molecule has 104 valence electrons. The highest BCUT2D eigenvalue weighted by Gasteiger charge is 2.16. The Kier molecular flexibility index (Phi) is 4.71. The lowest BCUT2D eigenvalue weighted by Gasteiger charge is -2.10. The highest BCUT2D eigenvalue weighted by atomic mass is 16.5. The predicted octanol–water partition coefficient (Wildman–Crippen LogP) is 2.94. The van der Waals surface area contributed by atoms with Crippen LogP contribution >= 0.6 is 0 Å². The summed E-state index contributed by atoms with van der Waals surface area (Å²) in [5.41, 5.74) is 1.77. The Morgan fingerprint density at radius 1 is 1.20 bits per heavy atom. The van der Waals surface area contributed by atoms with Crippen molar-refractivity contribution in [3.05, 3.63) is 59.9 Å². The van der Waals surface area contributed by atoms with Gasteiger partial charge in [0.1, 0.15) is 12.4 Å². The van der Waals surface area contributed by atoms with E-state index >= 15 is 0 Å². The van der Waals surface area contributed by atoms with Crippen molar-refractivity contribution in [2.45, 2.75) is 19.4 Å². The number of carbonyl (C=O) groups is 1. The molecule has 1 atom stereocenters. The van der Waals surface area contributed by atoms with Gasteiger partial charge >= 0.3 is 5.97 Å². The lowest BCUT2D eigenvalue weighted by molar-refractivity contribution is -0.142. The van der Waals surface area contributed by atoms with E-state index in [-0.39, 0.29) is 11.9 Å². The topological polar surface area (TPSA) is 48.4 Å². The summed E-state index contributed by atoms with van der Waals surface area (Å²) in [5, 5.41) is 0. The Morgan fingerprint density at radius 3 is 2.55 bits per heavy atom. The van der Waals surface area contributed by atoms with E-state index < -0.39 is 0 Å². The second kappa shape index (κ2) is 6.70. The fourth-order valence-electron chi connectivity index (χ4n) is 1.77. The molecule has 1 aromatic heterocycles. The predicted molar refractivity (Wildman–Crippen MR) is 75.4 cm³/mol. The quantitative estimate of drug-likeness (QED) is 0.784. The van der Waals surface area contributed by atoms with Crippen molar-refractivity contribution in [1.29, 1.82) is 0 Å². The van der Waals surface area contributed by atoms with Crippen molar-refractivity contribution in [2.24, 2.45) is 0 Å². The highest BCUT2D eigenvalue weighted by Crippen LogP contribution is 2.18. The standard InChI is InChI=1S/C16H17NO3/c1-12(16(18)19-2)15-9-8-14(10-17-15)20-11-13-6-4-3-5-7-13/h3-10,12H,11H2,1-2H3. The van der Waals surface area contributed by atoms with Crippen molar-refractivity contribution < 1.29 is 14.3 Å². The first-order valence-corrected chi connectivity index (χ1v) is 6.41. The van der Waals surface area contributed by atoms with Gasteiger partial charge in [-0.05, 0) is 24.6 Å². The summed E-state index contributed by atoms with van der Waals surface area (Å²) >= 11 is 0. The van der Waals surface area contributed by atoms with Crippen molar-refractivity contribution >= 4 is 5.97 Å². The average Bonchev–Trinajstić information content (AvgIpc) is 2.53. The molecule has 0 saturated heterocycles. The van der Waals surface area contributed by atoms with Gasteiger partial charge in [-0.25, -0.2) is 0 Å². The van der Waals surface area contributed by atoms with Crippen LogP contribution in [0.3, 0.4) is 0 Å². The summed E-state index contributed by atoms with van der Waals surface area (Å²) in [6, 6.07) is 13.5. The highest BCUT2D eigenvalue weighted by molar-refractivity contribution is 5.76. The molecule has 4 nitrogen and oxygen atoms in total. The minimum absolute atomic E-state index is 0.296. The molecule has 0 saturated carbocycles. The van der Waals surface area contributed by atoms with E-state index in [1.807, 2.05) is 36.4 Å². The van der Waals surface area contributed by atoms with Crippen molar-refractivity contribution in [1.82, 2.24) is 4.98 Å². The lowest BCUT2D eigenvalue weighted by Crippen LogP contribution is -2.12. The van der Waals surface area contributed by atoms with Crippen molar-refractivity contribution in [2.75, 3.05) is 7.11 Å².